The van der Waals surface area contributed by atoms with Crippen molar-refractivity contribution in [3.63, 3.8) is 0 Å². The van der Waals surface area contributed by atoms with E-state index in [1.807, 2.05) is 0 Å². The maximum absolute atomic E-state index is 2.43. The standard InChI is InChI=1S/C36H60/c1-3-5-6-7-8-9-10-11-12-13-14-15-16-17-18-19-20-21-22-23-24-27-33(4-2)36-31-30-34-28-25-26-29-35(34)32-36/h25-26,28-33H,3-24,27H2,1-2H3. The Bertz CT molecular complexity index is 745. The van der Waals surface area contributed by atoms with Gasteiger partial charge in [0, 0.05) is 0 Å². The second-order valence-electron chi connectivity index (χ2n) is 11.6. The Balaban J connectivity index is 1.33. The molecule has 0 N–H and O–H groups in total. The summed E-state index contributed by atoms with van der Waals surface area (Å²) in [6, 6.07) is 15.9. The number of hydrogen-bond donors (Lipinski definition) is 0. The Morgan fingerprint density at radius 3 is 1.31 bits per heavy atom. The van der Waals surface area contributed by atoms with E-state index in [1.54, 1.807) is 5.56 Å². The Morgan fingerprint density at radius 2 is 0.861 bits per heavy atom. The maximum Gasteiger partial charge on any atom is -0.0164 e. The molecule has 2 aromatic carbocycles. The fraction of sp³-hybridized carbons (Fsp3) is 0.722. The van der Waals surface area contributed by atoms with Crippen LogP contribution < -0.4 is 0 Å². The average Bonchev–Trinajstić information content (AvgIpc) is 2.91. The summed E-state index contributed by atoms with van der Waals surface area (Å²) in [6.07, 6.45) is 33.2. The quantitative estimate of drug-likeness (QED) is 0.128. The number of hydrogen-bond acceptors (Lipinski definition) is 0. The van der Waals surface area contributed by atoms with Crippen molar-refractivity contribution in [1.29, 1.82) is 0 Å². The summed E-state index contributed by atoms with van der Waals surface area (Å²) in [5, 5.41) is 2.76. The van der Waals surface area contributed by atoms with E-state index >= 15 is 0 Å². The summed E-state index contributed by atoms with van der Waals surface area (Å²) in [4.78, 5) is 0. The van der Waals surface area contributed by atoms with E-state index < -0.39 is 0 Å². The summed E-state index contributed by atoms with van der Waals surface area (Å²) >= 11 is 0. The molecule has 204 valence electrons. The Morgan fingerprint density at radius 1 is 0.444 bits per heavy atom. The van der Waals surface area contributed by atoms with Crippen molar-refractivity contribution in [1.82, 2.24) is 0 Å². The summed E-state index contributed by atoms with van der Waals surface area (Å²) < 4.78 is 0. The van der Waals surface area contributed by atoms with Crippen molar-refractivity contribution in [2.24, 2.45) is 0 Å². The third-order valence-corrected chi connectivity index (χ3v) is 8.39. The molecule has 0 bridgehead atoms. The van der Waals surface area contributed by atoms with Gasteiger partial charge in [0.25, 0.3) is 0 Å². The first kappa shape index (κ1) is 30.9. The third kappa shape index (κ3) is 14.4. The van der Waals surface area contributed by atoms with Gasteiger partial charge in [-0.2, -0.15) is 0 Å². The molecule has 0 nitrogen and oxygen atoms in total. The van der Waals surface area contributed by atoms with E-state index in [2.05, 4.69) is 56.3 Å². The number of unbranched alkanes of at least 4 members (excludes halogenated alkanes) is 20. The van der Waals surface area contributed by atoms with E-state index in [0.717, 1.165) is 5.92 Å². The van der Waals surface area contributed by atoms with Crippen molar-refractivity contribution < 1.29 is 0 Å². The minimum Gasteiger partial charge on any atom is -0.0654 e. The van der Waals surface area contributed by atoms with E-state index in [1.165, 1.54) is 158 Å². The van der Waals surface area contributed by atoms with Gasteiger partial charge in [0.05, 0.1) is 0 Å². The molecule has 0 aromatic heterocycles. The van der Waals surface area contributed by atoms with Gasteiger partial charge in [0.2, 0.25) is 0 Å². The van der Waals surface area contributed by atoms with Crippen LogP contribution in [0, 0.1) is 0 Å². The van der Waals surface area contributed by atoms with Crippen LogP contribution in [-0.2, 0) is 0 Å². The fourth-order valence-electron chi connectivity index (χ4n) is 5.89. The van der Waals surface area contributed by atoms with Gasteiger partial charge in [0.15, 0.2) is 0 Å². The maximum atomic E-state index is 2.43. The second kappa shape index (κ2) is 21.8. The van der Waals surface area contributed by atoms with Crippen LogP contribution in [0.1, 0.15) is 173 Å². The highest BCUT2D eigenvalue weighted by atomic mass is 14.1. The SMILES string of the molecule is CCCCCCCCCCCCCCCCCCCCCCCC(CC)c1ccc2ccccc2c1. The largest absolute Gasteiger partial charge is 0.0654 e. The van der Waals surface area contributed by atoms with E-state index in [0.29, 0.717) is 0 Å². The molecule has 0 radical (unpaired) electrons. The monoisotopic (exact) mass is 492 g/mol. The van der Waals surface area contributed by atoms with Crippen molar-refractivity contribution >= 4 is 10.8 Å². The Hall–Kier alpha value is -1.30. The first-order chi connectivity index (χ1) is 17.8. The number of benzene rings is 2. The van der Waals surface area contributed by atoms with E-state index in [9.17, 15) is 0 Å². The van der Waals surface area contributed by atoms with Crippen LogP contribution in [0.25, 0.3) is 10.8 Å². The van der Waals surface area contributed by atoms with Gasteiger partial charge in [-0.1, -0.05) is 191 Å². The summed E-state index contributed by atoms with van der Waals surface area (Å²) in [6.45, 7) is 4.66. The highest BCUT2D eigenvalue weighted by molar-refractivity contribution is 5.83. The zero-order chi connectivity index (χ0) is 25.5. The lowest BCUT2D eigenvalue weighted by molar-refractivity contribution is 0.509. The van der Waals surface area contributed by atoms with Crippen LogP contribution >= 0.6 is 0 Å². The Labute approximate surface area is 226 Å². The molecule has 0 aliphatic rings. The number of fused-ring (bicyclic) bond motifs is 1. The first-order valence-corrected chi connectivity index (χ1v) is 16.3. The van der Waals surface area contributed by atoms with Crippen LogP contribution in [0.2, 0.25) is 0 Å². The smallest absolute Gasteiger partial charge is 0.0164 e. The molecule has 0 saturated carbocycles. The predicted molar refractivity (Wildman–Crippen MR) is 164 cm³/mol. The molecule has 2 aromatic rings. The second-order valence-corrected chi connectivity index (χ2v) is 11.6. The topological polar surface area (TPSA) is 0 Å². The summed E-state index contributed by atoms with van der Waals surface area (Å²) in [5.41, 5.74) is 1.55. The van der Waals surface area contributed by atoms with Crippen molar-refractivity contribution in [2.75, 3.05) is 0 Å². The van der Waals surface area contributed by atoms with Crippen LogP contribution in [0.4, 0.5) is 0 Å². The summed E-state index contributed by atoms with van der Waals surface area (Å²) in [5.74, 6) is 0.731. The lowest BCUT2D eigenvalue weighted by Gasteiger charge is -2.16. The van der Waals surface area contributed by atoms with Crippen LogP contribution in [0.5, 0.6) is 0 Å². The van der Waals surface area contributed by atoms with Crippen LogP contribution in [0.15, 0.2) is 42.5 Å². The first-order valence-electron chi connectivity index (χ1n) is 16.3. The Kier molecular flexibility index (Phi) is 18.7. The van der Waals surface area contributed by atoms with Gasteiger partial charge < -0.3 is 0 Å². The normalized spacial score (nSPS) is 12.4. The fourth-order valence-corrected chi connectivity index (χ4v) is 5.89. The lowest BCUT2D eigenvalue weighted by Crippen LogP contribution is -1.97. The molecule has 0 heterocycles. The number of rotatable bonds is 24. The zero-order valence-corrected chi connectivity index (χ0v) is 24.4. The van der Waals surface area contributed by atoms with Crippen molar-refractivity contribution in [3.05, 3.63) is 48.0 Å². The predicted octanol–water partition coefficient (Wildman–Crippen LogP) is 12.9. The molecule has 36 heavy (non-hydrogen) atoms. The molecule has 1 unspecified atom stereocenters. The average molecular weight is 493 g/mol. The van der Waals surface area contributed by atoms with Gasteiger partial charge in [-0.25, -0.2) is 0 Å². The van der Waals surface area contributed by atoms with Gasteiger partial charge >= 0.3 is 0 Å². The van der Waals surface area contributed by atoms with Crippen molar-refractivity contribution in [3.8, 4) is 0 Å². The minimum absolute atomic E-state index is 0.731. The van der Waals surface area contributed by atoms with Gasteiger partial charge in [-0.15, -0.1) is 0 Å². The van der Waals surface area contributed by atoms with Crippen LogP contribution in [0.3, 0.4) is 0 Å². The highest BCUT2D eigenvalue weighted by Crippen LogP contribution is 2.29. The minimum atomic E-state index is 0.731. The van der Waals surface area contributed by atoms with Gasteiger partial charge in [-0.3, -0.25) is 0 Å². The highest BCUT2D eigenvalue weighted by Gasteiger charge is 2.09. The molecule has 0 aliphatic carbocycles. The molecule has 1 atom stereocenters. The lowest BCUT2D eigenvalue weighted by atomic mass is 9.89. The molecule has 0 amide bonds. The summed E-state index contributed by atoms with van der Waals surface area (Å²) in [7, 11) is 0. The molecule has 0 fully saturated rings. The van der Waals surface area contributed by atoms with E-state index in [-0.39, 0.29) is 0 Å². The third-order valence-electron chi connectivity index (χ3n) is 8.39. The molecule has 2 rings (SSSR count). The molecule has 0 spiro atoms. The molecule has 0 aliphatic heterocycles. The molecule has 0 saturated heterocycles. The molecular weight excluding hydrogens is 432 g/mol. The van der Waals surface area contributed by atoms with Gasteiger partial charge in [0.1, 0.15) is 0 Å². The van der Waals surface area contributed by atoms with Crippen LogP contribution in [-0.4, -0.2) is 0 Å². The van der Waals surface area contributed by atoms with E-state index in [4.69, 9.17) is 0 Å². The van der Waals surface area contributed by atoms with Crippen molar-refractivity contribution in [2.45, 2.75) is 167 Å². The molecular formula is C36H60. The zero-order valence-electron chi connectivity index (χ0n) is 24.4. The molecule has 0 heteroatoms. The van der Waals surface area contributed by atoms with Gasteiger partial charge in [-0.05, 0) is 35.1 Å².